The van der Waals surface area contributed by atoms with Crippen molar-refractivity contribution in [1.29, 1.82) is 0 Å². The van der Waals surface area contributed by atoms with E-state index in [0.717, 1.165) is 15.9 Å². The summed E-state index contributed by atoms with van der Waals surface area (Å²) in [5.41, 5.74) is 0.868. The summed E-state index contributed by atoms with van der Waals surface area (Å²) in [7, 11) is 1.86. The van der Waals surface area contributed by atoms with Crippen molar-refractivity contribution in [3.8, 4) is 5.88 Å². The first-order chi connectivity index (χ1) is 7.15. The average Bonchev–Trinajstić information content (AvgIpc) is 2.57. The predicted octanol–water partition coefficient (Wildman–Crippen LogP) is 2.08. The van der Waals surface area contributed by atoms with Gasteiger partial charge < -0.3 is 10.4 Å². The lowest BCUT2D eigenvalue weighted by atomic mass is 10.3. The molecule has 2 heterocycles. The molecule has 1 unspecified atom stereocenters. The van der Waals surface area contributed by atoms with E-state index in [9.17, 15) is 5.11 Å². The van der Waals surface area contributed by atoms with Crippen LogP contribution in [-0.4, -0.2) is 21.5 Å². The van der Waals surface area contributed by atoms with Gasteiger partial charge >= 0.3 is 0 Å². The molecule has 0 aliphatic rings. The minimum atomic E-state index is 0.0806. The maximum atomic E-state index is 9.78. The number of pyridine rings is 1. The molecule has 0 radical (unpaired) electrons. The highest BCUT2D eigenvalue weighted by Gasteiger charge is 2.15. The van der Waals surface area contributed by atoms with E-state index in [-0.39, 0.29) is 11.9 Å². The fraction of sp³-hybridized carbons (Fsp3) is 0.300. The zero-order valence-electron chi connectivity index (χ0n) is 8.53. The number of aromatic hydroxyl groups is 1. The Hall–Kier alpha value is -1.07. The van der Waals surface area contributed by atoms with E-state index in [0.29, 0.717) is 0 Å². The van der Waals surface area contributed by atoms with Crippen LogP contribution in [0.5, 0.6) is 5.88 Å². The summed E-state index contributed by atoms with van der Waals surface area (Å²) in [6.45, 7) is 1.99. The largest absolute Gasteiger partial charge is 0.494 e. The molecule has 5 heteroatoms. The summed E-state index contributed by atoms with van der Waals surface area (Å²) in [4.78, 5) is 4.38. The van der Waals surface area contributed by atoms with Crippen LogP contribution in [0.4, 0.5) is 0 Å². The van der Waals surface area contributed by atoms with Gasteiger partial charge in [0.15, 0.2) is 5.88 Å². The minimum Gasteiger partial charge on any atom is -0.494 e. The Balaban J connectivity index is 2.75. The molecule has 0 saturated carbocycles. The summed E-state index contributed by atoms with van der Waals surface area (Å²) in [5.74, 6) is 0.986. The van der Waals surface area contributed by atoms with Crippen molar-refractivity contribution in [2.45, 2.75) is 13.0 Å². The monoisotopic (exact) mass is 269 g/mol. The molecule has 0 saturated heterocycles. The van der Waals surface area contributed by atoms with Crippen molar-refractivity contribution >= 4 is 21.4 Å². The van der Waals surface area contributed by atoms with E-state index in [2.05, 4.69) is 26.2 Å². The molecule has 2 N–H and O–H groups in total. The zero-order chi connectivity index (χ0) is 11.0. The summed E-state index contributed by atoms with van der Waals surface area (Å²) in [6, 6.07) is 5.43. The smallest absolute Gasteiger partial charge is 0.197 e. The second-order valence-electron chi connectivity index (χ2n) is 3.38. The molecule has 0 bridgehead atoms. The van der Waals surface area contributed by atoms with E-state index in [1.54, 1.807) is 16.5 Å². The van der Waals surface area contributed by atoms with Crippen LogP contribution in [0.15, 0.2) is 22.8 Å². The minimum absolute atomic E-state index is 0.0806. The quantitative estimate of drug-likeness (QED) is 0.878. The molecular weight excluding hydrogens is 258 g/mol. The molecule has 0 amide bonds. The van der Waals surface area contributed by atoms with Crippen LogP contribution in [0.3, 0.4) is 0 Å². The second kappa shape index (κ2) is 3.83. The maximum Gasteiger partial charge on any atom is 0.197 e. The van der Waals surface area contributed by atoms with E-state index in [4.69, 9.17) is 0 Å². The zero-order valence-corrected chi connectivity index (χ0v) is 10.1. The van der Waals surface area contributed by atoms with Crippen molar-refractivity contribution in [2.24, 2.45) is 0 Å². The van der Waals surface area contributed by atoms with Gasteiger partial charge in [0, 0.05) is 0 Å². The highest BCUT2D eigenvalue weighted by Crippen LogP contribution is 2.26. The second-order valence-corrected chi connectivity index (χ2v) is 4.13. The molecule has 2 rings (SSSR count). The van der Waals surface area contributed by atoms with Crippen molar-refractivity contribution in [2.75, 3.05) is 7.05 Å². The van der Waals surface area contributed by atoms with Gasteiger partial charge in [-0.25, -0.2) is 4.98 Å². The van der Waals surface area contributed by atoms with E-state index in [1.807, 2.05) is 20.0 Å². The van der Waals surface area contributed by atoms with Crippen molar-refractivity contribution in [3.63, 3.8) is 0 Å². The fourth-order valence-corrected chi connectivity index (χ4v) is 2.02. The first-order valence-electron chi connectivity index (χ1n) is 4.68. The normalized spacial score (nSPS) is 13.3. The van der Waals surface area contributed by atoms with Gasteiger partial charge in [-0.1, -0.05) is 6.07 Å². The number of hydrogen-bond acceptors (Lipinski definition) is 3. The number of halogens is 1. The average molecular weight is 270 g/mol. The van der Waals surface area contributed by atoms with Gasteiger partial charge in [0.05, 0.1) is 11.6 Å². The number of nitrogens with one attached hydrogen (secondary N) is 1. The van der Waals surface area contributed by atoms with Crippen LogP contribution in [0.2, 0.25) is 0 Å². The molecule has 4 nitrogen and oxygen atoms in total. The fourth-order valence-electron chi connectivity index (χ4n) is 1.53. The van der Waals surface area contributed by atoms with Gasteiger partial charge in [-0.3, -0.25) is 4.40 Å². The van der Waals surface area contributed by atoms with Crippen molar-refractivity contribution in [3.05, 3.63) is 28.6 Å². The first kappa shape index (κ1) is 10.4. The number of fused-ring (bicyclic) bond motifs is 1. The van der Waals surface area contributed by atoms with E-state index < -0.39 is 0 Å². The number of aromatic nitrogens is 2. The predicted molar refractivity (Wildman–Crippen MR) is 62.0 cm³/mol. The number of rotatable bonds is 2. The van der Waals surface area contributed by atoms with Gasteiger partial charge in [0.25, 0.3) is 0 Å². The Morgan fingerprint density at radius 3 is 2.93 bits per heavy atom. The summed E-state index contributed by atoms with van der Waals surface area (Å²) >= 11 is 3.38. The topological polar surface area (TPSA) is 49.6 Å². The van der Waals surface area contributed by atoms with Crippen LogP contribution >= 0.6 is 15.9 Å². The Kier molecular flexibility index (Phi) is 2.67. The summed E-state index contributed by atoms with van der Waals surface area (Å²) in [5, 5.41) is 12.9. The van der Waals surface area contributed by atoms with Crippen molar-refractivity contribution in [1.82, 2.24) is 14.7 Å². The molecule has 0 fully saturated rings. The van der Waals surface area contributed by atoms with Gasteiger partial charge in [0.2, 0.25) is 0 Å². The molecule has 0 aliphatic carbocycles. The van der Waals surface area contributed by atoms with Crippen LogP contribution in [0.25, 0.3) is 5.52 Å². The summed E-state index contributed by atoms with van der Waals surface area (Å²) < 4.78 is 2.47. The van der Waals surface area contributed by atoms with Gasteiger partial charge in [-0.15, -0.1) is 0 Å². The molecule has 0 aliphatic heterocycles. The molecule has 0 aromatic carbocycles. The highest BCUT2D eigenvalue weighted by molar-refractivity contribution is 9.10. The lowest BCUT2D eigenvalue weighted by Crippen LogP contribution is -2.15. The van der Waals surface area contributed by atoms with Gasteiger partial charge in [-0.05, 0) is 42.0 Å². The van der Waals surface area contributed by atoms with E-state index in [1.165, 1.54) is 0 Å². The van der Waals surface area contributed by atoms with E-state index >= 15 is 0 Å². The molecule has 2 aromatic rings. The standard InChI is InChI=1S/C10H12BrN3O/c1-6(12-2)10-13-9(11)7-4-3-5-8(15)14(7)10/h3-6,12,15H,1-2H3. The number of hydrogen-bond donors (Lipinski definition) is 2. The molecule has 1 atom stereocenters. The first-order valence-corrected chi connectivity index (χ1v) is 5.47. The SMILES string of the molecule is CNC(C)c1nc(Br)c2cccc(O)n12. The lowest BCUT2D eigenvalue weighted by molar-refractivity contribution is 0.437. The lowest BCUT2D eigenvalue weighted by Gasteiger charge is -2.09. The third-order valence-electron chi connectivity index (χ3n) is 2.44. The number of imidazole rings is 1. The third kappa shape index (κ3) is 1.61. The molecule has 0 spiro atoms. The highest BCUT2D eigenvalue weighted by atomic mass is 79.9. The molecular formula is C10H12BrN3O. The van der Waals surface area contributed by atoms with Crippen LogP contribution in [0, 0.1) is 0 Å². The Morgan fingerprint density at radius 2 is 2.27 bits per heavy atom. The van der Waals surface area contributed by atoms with Crippen LogP contribution in [0.1, 0.15) is 18.8 Å². The van der Waals surface area contributed by atoms with Crippen molar-refractivity contribution < 1.29 is 5.11 Å². The van der Waals surface area contributed by atoms with Gasteiger partial charge in [-0.2, -0.15) is 0 Å². The number of nitrogens with zero attached hydrogens (tertiary/aromatic N) is 2. The molecule has 80 valence electrons. The van der Waals surface area contributed by atoms with Crippen LogP contribution in [-0.2, 0) is 0 Å². The Morgan fingerprint density at radius 1 is 1.53 bits per heavy atom. The molecule has 15 heavy (non-hydrogen) atoms. The maximum absolute atomic E-state index is 9.78. The van der Waals surface area contributed by atoms with Crippen LogP contribution < -0.4 is 5.32 Å². The summed E-state index contributed by atoms with van der Waals surface area (Å²) in [6.07, 6.45) is 0. The van der Waals surface area contributed by atoms with Gasteiger partial charge in [0.1, 0.15) is 10.4 Å². The third-order valence-corrected chi connectivity index (χ3v) is 3.03. The molecule has 2 aromatic heterocycles. The Labute approximate surface area is 96.1 Å². The Bertz CT molecular complexity index is 495.